The number of nitrogens with two attached hydrogens (primary N) is 1. The highest BCUT2D eigenvalue weighted by Gasteiger charge is 2.39. The number of amides is 7. The first-order valence-electron chi connectivity index (χ1n) is 20.7. The Morgan fingerprint density at radius 2 is 1.10 bits per heavy atom. The van der Waals surface area contributed by atoms with Gasteiger partial charge in [0.2, 0.25) is 41.4 Å². The fourth-order valence-corrected chi connectivity index (χ4v) is 6.79. The summed E-state index contributed by atoms with van der Waals surface area (Å²) >= 11 is 0. The average Bonchev–Trinajstić information content (AvgIpc) is 3.72. The summed E-state index contributed by atoms with van der Waals surface area (Å²) in [6, 6.07) is 4.45. The highest BCUT2D eigenvalue weighted by molar-refractivity contribution is 5.98. The molecule has 7 amide bonds. The van der Waals surface area contributed by atoms with Crippen molar-refractivity contribution in [2.24, 2.45) is 17.6 Å². The maximum atomic E-state index is 14.2. The van der Waals surface area contributed by atoms with Crippen LogP contribution in [0.25, 0.3) is 0 Å². The third-order valence-electron chi connectivity index (χ3n) is 10.5. The standard InChI is InChI=1S/C43H60N8O12/c1-22(2)34(49-38(57)29(44)21-33(53)54)41(60)48-31(20-27-14-16-28(52)17-15-27)40(59)47-30(19-26-11-8-7-9-12-26)39(58)46-24(5)36(55)45-25(6)37(56)50-35(23(3)4)42(61)51-18-10-13-32(51)43(62)63/h7-9,11-12,14-17,22-25,29-32,34-35,52H,10,13,18-21,44H2,1-6H3,(H,45,55)(H,46,58)(H,47,59)(H,48,60)(H,49,57)(H,50,56)(H,53,54)(H,62,63)/t24-,25-,29-,30-,31-,32-,34-,35-/m0/s1. The zero-order valence-electron chi connectivity index (χ0n) is 36.3. The van der Waals surface area contributed by atoms with Gasteiger partial charge in [-0.1, -0.05) is 70.2 Å². The van der Waals surface area contributed by atoms with E-state index in [4.69, 9.17) is 10.8 Å². The van der Waals surface area contributed by atoms with E-state index in [1.807, 2.05) is 0 Å². The number of carbonyl (C=O) groups excluding carboxylic acids is 7. The van der Waals surface area contributed by atoms with Gasteiger partial charge in [0.1, 0.15) is 48.0 Å². The van der Waals surface area contributed by atoms with Crippen molar-refractivity contribution in [2.45, 2.75) is 122 Å². The highest BCUT2D eigenvalue weighted by atomic mass is 16.4. The number of nitrogens with zero attached hydrogens (tertiary/aromatic N) is 1. The molecule has 2 aromatic carbocycles. The Labute approximate surface area is 365 Å². The summed E-state index contributed by atoms with van der Waals surface area (Å²) in [6.45, 7) is 9.57. The van der Waals surface area contributed by atoms with Crippen LogP contribution in [-0.2, 0) is 56.0 Å². The SMILES string of the molecule is CC(C)[C@H](NC(=O)[C@@H](N)CC(=O)O)C(=O)N[C@@H](Cc1ccc(O)cc1)C(=O)N[C@@H](Cc1ccccc1)C(=O)N[C@@H](C)C(=O)N[C@@H](C)C(=O)N[C@H](C(=O)N1CCC[C@H]1C(=O)O)C(C)C. The van der Waals surface area contributed by atoms with Crippen molar-refractivity contribution in [2.75, 3.05) is 6.54 Å². The predicted octanol–water partition coefficient (Wildman–Crippen LogP) is -0.684. The van der Waals surface area contributed by atoms with Crippen LogP contribution in [0.5, 0.6) is 5.75 Å². The van der Waals surface area contributed by atoms with E-state index in [1.165, 1.54) is 43.0 Å². The first-order chi connectivity index (χ1) is 29.6. The van der Waals surface area contributed by atoms with Crippen molar-refractivity contribution in [3.05, 3.63) is 65.7 Å². The summed E-state index contributed by atoms with van der Waals surface area (Å²) in [5, 5.41) is 43.9. The summed E-state index contributed by atoms with van der Waals surface area (Å²) in [5.41, 5.74) is 6.84. The fourth-order valence-electron chi connectivity index (χ4n) is 6.79. The van der Waals surface area contributed by atoms with Crippen molar-refractivity contribution in [1.82, 2.24) is 36.8 Å². The number of carboxylic acid groups (broad SMARTS) is 2. The first kappa shape index (κ1) is 50.8. The van der Waals surface area contributed by atoms with Crippen LogP contribution in [0.1, 0.15) is 71.9 Å². The zero-order valence-corrected chi connectivity index (χ0v) is 36.3. The third kappa shape index (κ3) is 15.4. The van der Waals surface area contributed by atoms with E-state index in [0.717, 1.165) is 0 Å². The number of carboxylic acids is 2. The molecule has 20 heteroatoms. The van der Waals surface area contributed by atoms with Gasteiger partial charge in [0.05, 0.1) is 12.5 Å². The molecule has 2 aromatic rings. The van der Waals surface area contributed by atoms with Gasteiger partial charge >= 0.3 is 11.9 Å². The second-order valence-corrected chi connectivity index (χ2v) is 16.3. The molecule has 11 N–H and O–H groups in total. The molecule has 0 aromatic heterocycles. The number of aliphatic carboxylic acids is 2. The normalized spacial score (nSPS) is 16.9. The van der Waals surface area contributed by atoms with Gasteiger partial charge < -0.3 is 57.9 Å². The zero-order chi connectivity index (χ0) is 47.1. The molecule has 0 unspecified atom stereocenters. The minimum absolute atomic E-state index is 0.0557. The summed E-state index contributed by atoms with van der Waals surface area (Å²) < 4.78 is 0. The van der Waals surface area contributed by atoms with Crippen LogP contribution in [0.3, 0.4) is 0 Å². The van der Waals surface area contributed by atoms with E-state index < -0.39 is 120 Å². The number of carbonyl (C=O) groups is 9. The molecule has 20 nitrogen and oxygen atoms in total. The van der Waals surface area contributed by atoms with E-state index in [2.05, 4.69) is 31.9 Å². The molecule has 3 rings (SSSR count). The van der Waals surface area contributed by atoms with Gasteiger partial charge in [-0.3, -0.25) is 38.4 Å². The molecule has 1 heterocycles. The summed E-state index contributed by atoms with van der Waals surface area (Å²) in [7, 11) is 0. The molecule has 8 atom stereocenters. The summed E-state index contributed by atoms with van der Waals surface area (Å²) in [5.74, 6) is -8.89. The molecule has 1 aliphatic rings. The second kappa shape index (κ2) is 23.6. The van der Waals surface area contributed by atoms with Crippen LogP contribution in [0, 0.1) is 11.8 Å². The van der Waals surface area contributed by atoms with Crippen molar-refractivity contribution in [1.29, 1.82) is 0 Å². The first-order valence-corrected chi connectivity index (χ1v) is 20.7. The number of nitrogens with one attached hydrogen (secondary N) is 6. The van der Waals surface area contributed by atoms with E-state index in [0.29, 0.717) is 17.5 Å². The molecule has 0 radical (unpaired) electrons. The number of likely N-dealkylation sites (tertiary alicyclic amines) is 1. The van der Waals surface area contributed by atoms with E-state index in [9.17, 15) is 53.4 Å². The van der Waals surface area contributed by atoms with Gasteiger partial charge in [0.25, 0.3) is 0 Å². The van der Waals surface area contributed by atoms with Crippen molar-refractivity contribution >= 4 is 53.3 Å². The molecule has 0 aliphatic carbocycles. The Kier molecular flexibility index (Phi) is 19.0. The Morgan fingerprint density at radius 1 is 0.619 bits per heavy atom. The molecule has 1 saturated heterocycles. The van der Waals surface area contributed by atoms with Crippen molar-refractivity contribution in [3.8, 4) is 5.75 Å². The monoisotopic (exact) mass is 880 g/mol. The Bertz CT molecular complexity index is 1960. The molecule has 1 fully saturated rings. The number of phenolic OH excluding ortho intramolecular Hbond substituents is 1. The fraction of sp³-hybridized carbons (Fsp3) is 0.512. The number of rotatable bonds is 22. The summed E-state index contributed by atoms with van der Waals surface area (Å²) in [6.07, 6.45) is -0.117. The lowest BCUT2D eigenvalue weighted by atomic mass is 9.99. The maximum absolute atomic E-state index is 14.2. The molecule has 63 heavy (non-hydrogen) atoms. The number of benzene rings is 2. The number of hydrogen-bond acceptors (Lipinski definition) is 11. The van der Waals surface area contributed by atoms with Crippen LogP contribution >= 0.6 is 0 Å². The van der Waals surface area contributed by atoms with Gasteiger partial charge in [-0.2, -0.15) is 0 Å². The van der Waals surface area contributed by atoms with Gasteiger partial charge in [-0.25, -0.2) is 4.79 Å². The number of hydrogen-bond donors (Lipinski definition) is 10. The van der Waals surface area contributed by atoms with Crippen molar-refractivity contribution < 1.29 is 58.5 Å². The van der Waals surface area contributed by atoms with E-state index in [-0.39, 0.29) is 31.6 Å². The second-order valence-electron chi connectivity index (χ2n) is 16.3. The maximum Gasteiger partial charge on any atom is 0.326 e. The lowest BCUT2D eigenvalue weighted by Gasteiger charge is -2.30. The minimum Gasteiger partial charge on any atom is -0.508 e. The van der Waals surface area contributed by atoms with E-state index >= 15 is 0 Å². The van der Waals surface area contributed by atoms with Gasteiger partial charge in [-0.15, -0.1) is 0 Å². The molecular weight excluding hydrogens is 821 g/mol. The largest absolute Gasteiger partial charge is 0.508 e. The smallest absolute Gasteiger partial charge is 0.326 e. The van der Waals surface area contributed by atoms with Crippen molar-refractivity contribution in [3.63, 3.8) is 0 Å². The van der Waals surface area contributed by atoms with Crippen LogP contribution in [0.4, 0.5) is 0 Å². The van der Waals surface area contributed by atoms with Crippen LogP contribution in [0.2, 0.25) is 0 Å². The minimum atomic E-state index is -1.46. The van der Waals surface area contributed by atoms with E-state index in [1.54, 1.807) is 58.0 Å². The Morgan fingerprint density at radius 3 is 1.62 bits per heavy atom. The van der Waals surface area contributed by atoms with Crippen LogP contribution in [-0.4, -0.2) is 128 Å². The molecule has 0 spiro atoms. The van der Waals surface area contributed by atoms with Gasteiger partial charge in [0, 0.05) is 19.4 Å². The predicted molar refractivity (Wildman–Crippen MR) is 227 cm³/mol. The number of aromatic hydroxyl groups is 1. The molecule has 344 valence electrons. The topological polar surface area (TPSA) is 316 Å². The lowest BCUT2D eigenvalue weighted by molar-refractivity contribution is -0.150. The summed E-state index contributed by atoms with van der Waals surface area (Å²) in [4.78, 5) is 119. The van der Waals surface area contributed by atoms with Crippen LogP contribution < -0.4 is 37.6 Å². The Hall–Kier alpha value is -6.57. The number of phenols is 1. The lowest BCUT2D eigenvalue weighted by Crippen LogP contribution is -2.60. The molecule has 0 bridgehead atoms. The van der Waals surface area contributed by atoms with Crippen LogP contribution in [0.15, 0.2) is 54.6 Å². The average molecular weight is 881 g/mol. The quantitative estimate of drug-likeness (QED) is 0.0702. The highest BCUT2D eigenvalue weighted by Crippen LogP contribution is 2.21. The van der Waals surface area contributed by atoms with Gasteiger partial charge in [-0.05, 0) is 61.8 Å². The third-order valence-corrected chi connectivity index (χ3v) is 10.5. The van der Waals surface area contributed by atoms with Gasteiger partial charge in [0.15, 0.2) is 0 Å². The molecule has 1 aliphatic heterocycles. The Balaban J connectivity index is 1.79. The molecule has 0 saturated carbocycles. The molecular formula is C43H60N8O12.